The zero-order valence-corrected chi connectivity index (χ0v) is 24.9. The Balaban J connectivity index is 1.31. The molecule has 10 heteroatoms. The molecule has 1 saturated carbocycles. The summed E-state index contributed by atoms with van der Waals surface area (Å²) in [4.78, 5) is 38.5. The van der Waals surface area contributed by atoms with E-state index in [0.717, 1.165) is 60.2 Å². The highest BCUT2D eigenvalue weighted by Crippen LogP contribution is 2.40. The first kappa shape index (κ1) is 29.9. The Bertz CT molecular complexity index is 1540. The molecular weight excluding hydrogens is 558 g/mol. The van der Waals surface area contributed by atoms with Crippen LogP contribution in [-0.2, 0) is 31.4 Å². The minimum Gasteiger partial charge on any atom is -0.493 e. The van der Waals surface area contributed by atoms with Gasteiger partial charge in [-0.1, -0.05) is 23.7 Å². The van der Waals surface area contributed by atoms with Crippen molar-refractivity contribution in [1.29, 1.82) is 0 Å². The van der Waals surface area contributed by atoms with Crippen molar-refractivity contribution in [1.82, 2.24) is 14.0 Å². The molecule has 0 radical (unpaired) electrons. The maximum Gasteiger partial charge on any atom is 0.330 e. The van der Waals surface area contributed by atoms with E-state index in [4.69, 9.17) is 21.1 Å². The number of carboxylic acids is 1. The Hall–Kier alpha value is -3.56. The molecule has 224 valence electrons. The number of carbonyl (C=O) groups is 1. The fraction of sp³-hybridized carbons (Fsp3) is 0.469. The standard InChI is InChI=1S/C32H38ClN3O6/c1-34-14-13-30(37)36(32(34)40)15-16-42-28-12-5-22(17-29(28)41-2)20-35(19-21-3-6-23(7-4-21)31(38)39)27-11-8-24-18-25(33)9-10-26(24)27/h5,9-10,12-14,17-18,21,23,27H,3-4,6-8,11,15-16,19-20H2,1-2H3,(H,38,39). The SMILES string of the molecule is COc1cc(CN(CC2CCC(C(=O)O)CC2)C2CCc3cc(Cl)ccc32)ccc1OCCn1c(=O)ccn(C)c1=O. The molecule has 1 N–H and O–H groups in total. The number of fused-ring (bicyclic) bond motifs is 1. The molecule has 2 aromatic carbocycles. The van der Waals surface area contributed by atoms with Gasteiger partial charge in [-0.2, -0.15) is 0 Å². The van der Waals surface area contributed by atoms with E-state index in [1.807, 2.05) is 24.3 Å². The van der Waals surface area contributed by atoms with E-state index < -0.39 is 5.97 Å². The summed E-state index contributed by atoms with van der Waals surface area (Å²) in [6.07, 6.45) is 6.73. The molecule has 42 heavy (non-hydrogen) atoms. The average Bonchev–Trinajstić information content (AvgIpc) is 3.40. The first-order valence-electron chi connectivity index (χ1n) is 14.5. The number of aromatic nitrogens is 2. The molecule has 1 unspecified atom stereocenters. The highest BCUT2D eigenvalue weighted by Gasteiger charge is 2.32. The average molecular weight is 596 g/mol. The second-order valence-electron chi connectivity index (χ2n) is 11.4. The Kier molecular flexibility index (Phi) is 9.38. The normalized spacial score (nSPS) is 20.0. The lowest BCUT2D eigenvalue weighted by molar-refractivity contribution is -0.143. The smallest absolute Gasteiger partial charge is 0.330 e. The first-order valence-corrected chi connectivity index (χ1v) is 14.9. The summed E-state index contributed by atoms with van der Waals surface area (Å²) in [5.74, 6) is 0.655. The van der Waals surface area contributed by atoms with Gasteiger partial charge in [-0.15, -0.1) is 0 Å². The molecule has 1 heterocycles. The van der Waals surface area contributed by atoms with Crippen LogP contribution in [-0.4, -0.2) is 45.4 Å². The molecule has 9 nitrogen and oxygen atoms in total. The van der Waals surface area contributed by atoms with Crippen LogP contribution in [0.15, 0.2) is 58.3 Å². The number of aliphatic carboxylic acids is 1. The van der Waals surface area contributed by atoms with Crippen LogP contribution in [0.4, 0.5) is 0 Å². The van der Waals surface area contributed by atoms with Crippen LogP contribution in [0.1, 0.15) is 54.8 Å². The maximum absolute atomic E-state index is 12.3. The van der Waals surface area contributed by atoms with Crippen molar-refractivity contribution in [3.05, 3.63) is 91.2 Å². The van der Waals surface area contributed by atoms with Crippen LogP contribution in [0.2, 0.25) is 5.02 Å². The molecule has 0 spiro atoms. The lowest BCUT2D eigenvalue weighted by atomic mass is 9.81. The van der Waals surface area contributed by atoms with Gasteiger partial charge in [0.1, 0.15) is 6.61 Å². The number of carboxylic acid groups (broad SMARTS) is 1. The molecule has 1 aromatic heterocycles. The third-order valence-electron chi connectivity index (χ3n) is 8.71. The molecule has 5 rings (SSSR count). The second kappa shape index (κ2) is 13.2. The van der Waals surface area contributed by atoms with Gasteiger partial charge >= 0.3 is 11.7 Å². The summed E-state index contributed by atoms with van der Waals surface area (Å²) in [5, 5.41) is 10.2. The Labute approximate surface area is 250 Å². The third kappa shape index (κ3) is 6.73. The summed E-state index contributed by atoms with van der Waals surface area (Å²) in [6.45, 7) is 1.86. The minimum absolute atomic E-state index is 0.125. The van der Waals surface area contributed by atoms with Crippen LogP contribution >= 0.6 is 11.6 Å². The van der Waals surface area contributed by atoms with Crippen molar-refractivity contribution in [2.75, 3.05) is 20.3 Å². The quantitative estimate of drug-likeness (QED) is 0.344. The van der Waals surface area contributed by atoms with Crippen molar-refractivity contribution in [3.8, 4) is 11.5 Å². The molecule has 1 fully saturated rings. The second-order valence-corrected chi connectivity index (χ2v) is 11.9. The fourth-order valence-electron chi connectivity index (χ4n) is 6.40. The molecule has 2 aliphatic rings. The van der Waals surface area contributed by atoms with Gasteiger partial charge in [-0.05, 0) is 85.4 Å². The van der Waals surface area contributed by atoms with Crippen molar-refractivity contribution in [2.24, 2.45) is 18.9 Å². The van der Waals surface area contributed by atoms with Gasteiger partial charge in [-0.3, -0.25) is 19.1 Å². The van der Waals surface area contributed by atoms with E-state index in [2.05, 4.69) is 17.0 Å². The first-order chi connectivity index (χ1) is 20.2. The molecule has 1 atom stereocenters. The van der Waals surface area contributed by atoms with Gasteiger partial charge in [0.05, 0.1) is 19.6 Å². The van der Waals surface area contributed by atoms with E-state index in [1.165, 1.54) is 28.0 Å². The summed E-state index contributed by atoms with van der Waals surface area (Å²) >= 11 is 6.30. The molecule has 2 aliphatic carbocycles. The molecule has 3 aromatic rings. The van der Waals surface area contributed by atoms with Gasteiger partial charge in [0.15, 0.2) is 11.5 Å². The van der Waals surface area contributed by atoms with Gasteiger partial charge in [0, 0.05) is 43.5 Å². The van der Waals surface area contributed by atoms with Crippen LogP contribution in [0.25, 0.3) is 0 Å². The largest absolute Gasteiger partial charge is 0.493 e. The van der Waals surface area contributed by atoms with E-state index >= 15 is 0 Å². The number of nitrogens with zero attached hydrogens (tertiary/aromatic N) is 3. The number of ether oxygens (including phenoxy) is 2. The molecular formula is C32H38ClN3O6. The minimum atomic E-state index is -0.681. The number of rotatable bonds is 11. The van der Waals surface area contributed by atoms with Gasteiger partial charge < -0.3 is 19.1 Å². The number of hydrogen-bond donors (Lipinski definition) is 1. The predicted octanol–water partition coefficient (Wildman–Crippen LogP) is 4.67. The number of halogens is 1. The Morgan fingerprint density at radius 3 is 2.57 bits per heavy atom. The van der Waals surface area contributed by atoms with Crippen LogP contribution < -0.4 is 20.7 Å². The van der Waals surface area contributed by atoms with E-state index in [1.54, 1.807) is 14.2 Å². The van der Waals surface area contributed by atoms with E-state index in [-0.39, 0.29) is 36.4 Å². The summed E-state index contributed by atoms with van der Waals surface area (Å²) < 4.78 is 14.1. The van der Waals surface area contributed by atoms with Gasteiger partial charge in [0.2, 0.25) is 0 Å². The summed E-state index contributed by atoms with van der Waals surface area (Å²) in [6, 6.07) is 13.7. The number of benzene rings is 2. The van der Waals surface area contributed by atoms with Crippen LogP contribution in [0.5, 0.6) is 11.5 Å². The number of methoxy groups -OCH3 is 1. The molecule has 0 aliphatic heterocycles. The summed E-state index contributed by atoms with van der Waals surface area (Å²) in [5.41, 5.74) is 2.93. The predicted molar refractivity (Wildman–Crippen MR) is 160 cm³/mol. The van der Waals surface area contributed by atoms with Crippen molar-refractivity contribution < 1.29 is 19.4 Å². The molecule has 0 amide bonds. The van der Waals surface area contributed by atoms with E-state index in [9.17, 15) is 19.5 Å². The third-order valence-corrected chi connectivity index (χ3v) is 8.94. The molecule has 0 saturated heterocycles. The van der Waals surface area contributed by atoms with Crippen molar-refractivity contribution >= 4 is 17.6 Å². The monoisotopic (exact) mass is 595 g/mol. The van der Waals surface area contributed by atoms with Crippen molar-refractivity contribution in [3.63, 3.8) is 0 Å². The maximum atomic E-state index is 12.3. The zero-order valence-electron chi connectivity index (χ0n) is 24.1. The molecule has 0 bridgehead atoms. The fourth-order valence-corrected chi connectivity index (χ4v) is 6.59. The van der Waals surface area contributed by atoms with Crippen LogP contribution in [0, 0.1) is 11.8 Å². The van der Waals surface area contributed by atoms with Crippen molar-refractivity contribution in [2.45, 2.75) is 57.7 Å². The van der Waals surface area contributed by atoms with Gasteiger partial charge in [-0.25, -0.2) is 4.79 Å². The Morgan fingerprint density at radius 2 is 1.83 bits per heavy atom. The van der Waals surface area contributed by atoms with E-state index in [0.29, 0.717) is 24.0 Å². The van der Waals surface area contributed by atoms with Gasteiger partial charge in [0.25, 0.3) is 5.56 Å². The van der Waals surface area contributed by atoms with Crippen LogP contribution in [0.3, 0.4) is 0 Å². The highest BCUT2D eigenvalue weighted by molar-refractivity contribution is 6.30. The Morgan fingerprint density at radius 1 is 1.05 bits per heavy atom. The number of hydrogen-bond acceptors (Lipinski definition) is 6. The zero-order chi connectivity index (χ0) is 29.8. The number of aryl methyl sites for hydroxylation is 2. The topological polar surface area (TPSA) is 103 Å². The highest BCUT2D eigenvalue weighted by atomic mass is 35.5. The summed E-state index contributed by atoms with van der Waals surface area (Å²) in [7, 11) is 3.20. The lowest BCUT2D eigenvalue weighted by Gasteiger charge is -2.35. The lowest BCUT2D eigenvalue weighted by Crippen LogP contribution is -2.39.